The van der Waals surface area contributed by atoms with Crippen LogP contribution in [0, 0.1) is 0 Å². The number of carboxylic acid groups (broad SMARTS) is 1. The highest BCUT2D eigenvalue weighted by atomic mass is 16.4. The van der Waals surface area contributed by atoms with Crippen LogP contribution in [0.25, 0.3) is 0 Å². The molecule has 5 nitrogen and oxygen atoms in total. The third-order valence-electron chi connectivity index (χ3n) is 3.73. The van der Waals surface area contributed by atoms with E-state index >= 15 is 0 Å². The lowest BCUT2D eigenvalue weighted by Gasteiger charge is -2.29. The molecule has 0 bridgehead atoms. The van der Waals surface area contributed by atoms with Gasteiger partial charge in [0.25, 0.3) is 0 Å². The lowest BCUT2D eigenvalue weighted by atomic mass is 9.95. The molecule has 0 saturated carbocycles. The molecule has 0 aromatic heterocycles. The second kappa shape index (κ2) is 5.25. The summed E-state index contributed by atoms with van der Waals surface area (Å²) in [6.07, 6.45) is 2.15. The molecule has 1 heterocycles. The zero-order valence-electron chi connectivity index (χ0n) is 11.8. The van der Waals surface area contributed by atoms with Gasteiger partial charge in [-0.1, -0.05) is 13.3 Å². The zero-order chi connectivity index (χ0) is 14.9. The summed E-state index contributed by atoms with van der Waals surface area (Å²) in [6.45, 7) is 4.31. The van der Waals surface area contributed by atoms with Crippen LogP contribution in [0.4, 0.5) is 5.69 Å². The third kappa shape index (κ3) is 2.54. The Hall–Kier alpha value is -1.88. The number of benzene rings is 1. The van der Waals surface area contributed by atoms with Gasteiger partial charge in [-0.2, -0.15) is 0 Å². The van der Waals surface area contributed by atoms with Crippen molar-refractivity contribution in [3.63, 3.8) is 0 Å². The Kier molecular flexibility index (Phi) is 3.81. The molecule has 0 radical (unpaired) electrons. The smallest absolute Gasteiger partial charge is 0.335 e. The monoisotopic (exact) mass is 276 g/mol. The van der Waals surface area contributed by atoms with Crippen LogP contribution in [0.15, 0.2) is 18.2 Å². The maximum atomic E-state index is 12.5. The van der Waals surface area contributed by atoms with Crippen LogP contribution in [-0.2, 0) is 11.2 Å². The minimum atomic E-state index is -0.952. The van der Waals surface area contributed by atoms with Gasteiger partial charge in [-0.3, -0.25) is 4.79 Å². The average molecular weight is 276 g/mol. The topological polar surface area (TPSA) is 83.6 Å². The van der Waals surface area contributed by atoms with Crippen LogP contribution < -0.4 is 10.6 Å². The maximum absolute atomic E-state index is 12.5. The number of carbonyl (C=O) groups is 2. The number of anilines is 1. The largest absolute Gasteiger partial charge is 0.478 e. The van der Waals surface area contributed by atoms with E-state index in [1.165, 1.54) is 6.07 Å². The molecule has 20 heavy (non-hydrogen) atoms. The minimum Gasteiger partial charge on any atom is -0.478 e. The van der Waals surface area contributed by atoms with E-state index in [9.17, 15) is 9.59 Å². The second-order valence-electron chi connectivity index (χ2n) is 5.52. The number of carbonyl (C=O) groups excluding carboxylic acids is 1. The van der Waals surface area contributed by atoms with Crippen LogP contribution in [0.1, 0.15) is 42.6 Å². The summed E-state index contributed by atoms with van der Waals surface area (Å²) in [5, 5.41) is 8.99. The molecule has 1 unspecified atom stereocenters. The molecule has 1 aliphatic rings. The van der Waals surface area contributed by atoms with Gasteiger partial charge in [-0.15, -0.1) is 0 Å². The normalized spacial score (nSPS) is 16.6. The average Bonchev–Trinajstić information content (AvgIpc) is 2.80. The van der Waals surface area contributed by atoms with E-state index in [2.05, 4.69) is 0 Å². The molecule has 0 saturated heterocycles. The highest BCUT2D eigenvalue weighted by molar-refractivity contribution is 6.02. The number of rotatable bonds is 4. The Labute approximate surface area is 118 Å². The Balaban J connectivity index is 2.28. The first kappa shape index (κ1) is 14.5. The quantitative estimate of drug-likeness (QED) is 0.878. The fourth-order valence-corrected chi connectivity index (χ4v) is 2.68. The van der Waals surface area contributed by atoms with Gasteiger partial charge in [-0.25, -0.2) is 4.79 Å². The van der Waals surface area contributed by atoms with Crippen molar-refractivity contribution >= 4 is 17.6 Å². The summed E-state index contributed by atoms with van der Waals surface area (Å²) in [6, 6.07) is 4.87. The van der Waals surface area contributed by atoms with Crippen molar-refractivity contribution < 1.29 is 14.7 Å². The summed E-state index contributed by atoms with van der Waals surface area (Å²) in [7, 11) is 0. The molecular formula is C15H20N2O3. The minimum absolute atomic E-state index is 0.0961. The molecule has 1 amide bonds. The van der Waals surface area contributed by atoms with Crippen molar-refractivity contribution in [1.82, 2.24) is 0 Å². The SMILES string of the molecule is CCCC(C)(N)C(=O)N1CCc2cc(C(=O)O)ccc21. The standard InChI is InChI=1S/C15H20N2O3/c1-3-7-15(2,16)14(20)17-8-6-10-9-11(13(18)19)4-5-12(10)17/h4-5,9H,3,6-8,16H2,1-2H3,(H,18,19). The molecule has 108 valence electrons. The van der Waals surface area contributed by atoms with Crippen molar-refractivity contribution in [2.75, 3.05) is 11.4 Å². The summed E-state index contributed by atoms with van der Waals surface area (Å²) in [5.41, 5.74) is 7.16. The van der Waals surface area contributed by atoms with Gasteiger partial charge < -0.3 is 15.7 Å². The van der Waals surface area contributed by atoms with Crippen molar-refractivity contribution in [3.05, 3.63) is 29.3 Å². The van der Waals surface area contributed by atoms with Crippen molar-refractivity contribution in [2.45, 2.75) is 38.6 Å². The van der Waals surface area contributed by atoms with Crippen LogP contribution in [0.2, 0.25) is 0 Å². The van der Waals surface area contributed by atoms with Crippen LogP contribution in [0.5, 0.6) is 0 Å². The van der Waals surface area contributed by atoms with E-state index in [0.717, 1.165) is 17.7 Å². The molecule has 1 aliphatic heterocycles. The van der Waals surface area contributed by atoms with Gasteiger partial charge in [0.1, 0.15) is 0 Å². The summed E-state index contributed by atoms with van der Waals surface area (Å²) >= 11 is 0. The maximum Gasteiger partial charge on any atom is 0.335 e. The summed E-state index contributed by atoms with van der Waals surface area (Å²) in [5.74, 6) is -1.05. The number of nitrogens with two attached hydrogens (primary N) is 1. The Bertz CT molecular complexity index is 552. The van der Waals surface area contributed by atoms with Gasteiger partial charge in [0.2, 0.25) is 5.91 Å². The van der Waals surface area contributed by atoms with Gasteiger partial charge >= 0.3 is 5.97 Å². The molecule has 5 heteroatoms. The van der Waals surface area contributed by atoms with Gasteiger partial charge in [0.15, 0.2) is 0 Å². The number of aromatic carboxylic acids is 1. The third-order valence-corrected chi connectivity index (χ3v) is 3.73. The van der Waals surface area contributed by atoms with E-state index in [-0.39, 0.29) is 11.5 Å². The van der Waals surface area contributed by atoms with Gasteiger partial charge in [-0.05, 0) is 43.5 Å². The zero-order valence-corrected chi connectivity index (χ0v) is 11.8. The molecule has 0 spiro atoms. The fourth-order valence-electron chi connectivity index (χ4n) is 2.68. The van der Waals surface area contributed by atoms with E-state index in [1.54, 1.807) is 24.0 Å². The Morgan fingerprint density at radius 1 is 1.45 bits per heavy atom. The molecule has 1 aromatic rings. The number of hydrogen-bond donors (Lipinski definition) is 2. The first-order valence-corrected chi connectivity index (χ1v) is 6.84. The Morgan fingerprint density at radius 3 is 2.75 bits per heavy atom. The lowest BCUT2D eigenvalue weighted by Crippen LogP contribution is -2.53. The molecule has 1 aromatic carbocycles. The second-order valence-corrected chi connectivity index (χ2v) is 5.52. The van der Waals surface area contributed by atoms with Crippen molar-refractivity contribution in [1.29, 1.82) is 0 Å². The summed E-state index contributed by atoms with van der Waals surface area (Å²) in [4.78, 5) is 25.2. The molecule has 0 fully saturated rings. The van der Waals surface area contributed by atoms with E-state index in [0.29, 0.717) is 19.4 Å². The van der Waals surface area contributed by atoms with Gasteiger partial charge in [0.05, 0.1) is 11.1 Å². The highest BCUT2D eigenvalue weighted by Crippen LogP contribution is 2.31. The van der Waals surface area contributed by atoms with Crippen molar-refractivity contribution in [3.8, 4) is 0 Å². The van der Waals surface area contributed by atoms with Crippen molar-refractivity contribution in [2.24, 2.45) is 5.73 Å². The van der Waals surface area contributed by atoms with Crippen LogP contribution in [0.3, 0.4) is 0 Å². The number of amides is 1. The van der Waals surface area contributed by atoms with E-state index < -0.39 is 11.5 Å². The molecule has 0 aliphatic carbocycles. The van der Waals surface area contributed by atoms with E-state index in [4.69, 9.17) is 10.8 Å². The first-order valence-electron chi connectivity index (χ1n) is 6.84. The van der Waals surface area contributed by atoms with Crippen LogP contribution in [-0.4, -0.2) is 29.1 Å². The number of hydrogen-bond acceptors (Lipinski definition) is 3. The predicted octanol–water partition coefficient (Wildman–Crippen LogP) is 1.79. The van der Waals surface area contributed by atoms with E-state index in [1.807, 2.05) is 6.92 Å². The predicted molar refractivity (Wildman–Crippen MR) is 77.0 cm³/mol. The van der Waals surface area contributed by atoms with Gasteiger partial charge in [0, 0.05) is 12.2 Å². The molecule has 1 atom stereocenters. The molecular weight excluding hydrogens is 256 g/mol. The first-order chi connectivity index (χ1) is 9.36. The number of carboxylic acids is 1. The number of fused-ring (bicyclic) bond motifs is 1. The lowest BCUT2D eigenvalue weighted by molar-refractivity contribution is -0.123. The summed E-state index contributed by atoms with van der Waals surface area (Å²) < 4.78 is 0. The molecule has 3 N–H and O–H groups in total. The fraction of sp³-hybridized carbons (Fsp3) is 0.467. The Morgan fingerprint density at radius 2 is 2.15 bits per heavy atom. The van der Waals surface area contributed by atoms with Crippen LogP contribution >= 0.6 is 0 Å². The molecule has 2 rings (SSSR count). The highest BCUT2D eigenvalue weighted by Gasteiger charge is 2.35. The number of nitrogens with zero attached hydrogens (tertiary/aromatic N) is 1.